The second-order valence-electron chi connectivity index (χ2n) is 5.00. The molecule has 2 atom stereocenters. The molecule has 2 nitrogen and oxygen atoms in total. The number of hydrogen-bond donors (Lipinski definition) is 1. The fraction of sp³-hybridized carbons (Fsp3) is 0.562. The molecule has 18 heavy (non-hydrogen) atoms. The first-order valence-corrected chi connectivity index (χ1v) is 6.68. The molecule has 0 spiro atoms. The molecule has 102 valence electrons. The molecule has 0 aliphatic rings. The first-order chi connectivity index (χ1) is 8.38. The van der Waals surface area contributed by atoms with Crippen LogP contribution >= 0.6 is 0 Å². The highest BCUT2D eigenvalue weighted by molar-refractivity contribution is 5.97. The second-order valence-corrected chi connectivity index (χ2v) is 5.00. The van der Waals surface area contributed by atoms with Crippen LogP contribution in [0.2, 0.25) is 0 Å². The lowest BCUT2D eigenvalue weighted by Gasteiger charge is -2.24. The van der Waals surface area contributed by atoms with Gasteiger partial charge in [0.05, 0.1) is 0 Å². The van der Waals surface area contributed by atoms with Crippen molar-refractivity contribution >= 4 is 5.91 Å². The predicted octanol–water partition coefficient (Wildman–Crippen LogP) is 4.21. The maximum absolute atomic E-state index is 12.1. The molecule has 0 radical (unpaired) electrons. The van der Waals surface area contributed by atoms with Gasteiger partial charge in [-0.3, -0.25) is 4.79 Å². The van der Waals surface area contributed by atoms with E-state index in [0.717, 1.165) is 24.1 Å². The zero-order valence-electron chi connectivity index (χ0n) is 12.5. The number of carbonyl (C=O) groups excluding carboxylic acids is 1. The van der Waals surface area contributed by atoms with E-state index in [1.54, 1.807) is 6.08 Å². The van der Waals surface area contributed by atoms with Gasteiger partial charge in [-0.15, -0.1) is 0 Å². The minimum atomic E-state index is -0.100. The zero-order valence-corrected chi connectivity index (χ0v) is 12.5. The van der Waals surface area contributed by atoms with Gasteiger partial charge in [0.25, 0.3) is 5.91 Å². The van der Waals surface area contributed by atoms with Crippen LogP contribution in [0.15, 0.2) is 36.1 Å². The van der Waals surface area contributed by atoms with Crippen LogP contribution in [0.3, 0.4) is 0 Å². The van der Waals surface area contributed by atoms with Crippen LogP contribution < -0.4 is 5.32 Å². The standard InChI is InChI=1S/C16H27NO/c1-8-12(6)15(10-3)13(7)17-16(18)14(9-2)11(4)5/h9,12,15H,2,7-8,10H2,1,3-6H3,(H,17,18)/t12?,15-/m1/s1. The van der Waals surface area contributed by atoms with Crippen LogP contribution in [-0.2, 0) is 4.79 Å². The van der Waals surface area contributed by atoms with Gasteiger partial charge in [0.2, 0.25) is 0 Å². The van der Waals surface area contributed by atoms with E-state index in [1.807, 2.05) is 13.8 Å². The Kier molecular flexibility index (Phi) is 7.33. The Balaban J connectivity index is 4.80. The van der Waals surface area contributed by atoms with Gasteiger partial charge in [-0.2, -0.15) is 0 Å². The summed E-state index contributed by atoms with van der Waals surface area (Å²) >= 11 is 0. The minimum absolute atomic E-state index is 0.100. The summed E-state index contributed by atoms with van der Waals surface area (Å²) in [4.78, 5) is 12.1. The molecular weight excluding hydrogens is 222 g/mol. The number of hydrogen-bond acceptors (Lipinski definition) is 1. The molecule has 0 aliphatic heterocycles. The molecule has 0 fully saturated rings. The molecule has 0 aliphatic carbocycles. The van der Waals surface area contributed by atoms with E-state index in [9.17, 15) is 4.79 Å². The average Bonchev–Trinajstić information content (AvgIpc) is 2.29. The van der Waals surface area contributed by atoms with E-state index in [4.69, 9.17) is 0 Å². The third-order valence-corrected chi connectivity index (χ3v) is 3.48. The van der Waals surface area contributed by atoms with Crippen molar-refractivity contribution in [2.24, 2.45) is 11.8 Å². The quantitative estimate of drug-likeness (QED) is 0.531. The molecule has 0 rings (SSSR count). The van der Waals surface area contributed by atoms with E-state index in [2.05, 4.69) is 39.2 Å². The number of rotatable bonds is 7. The molecule has 0 heterocycles. The number of nitrogens with one attached hydrogen (secondary N) is 1. The van der Waals surface area contributed by atoms with Gasteiger partial charge in [-0.1, -0.05) is 52.0 Å². The zero-order chi connectivity index (χ0) is 14.3. The van der Waals surface area contributed by atoms with E-state index in [1.165, 1.54) is 0 Å². The third-order valence-electron chi connectivity index (χ3n) is 3.48. The summed E-state index contributed by atoms with van der Waals surface area (Å²) in [6.45, 7) is 18.0. The van der Waals surface area contributed by atoms with Gasteiger partial charge in [0.15, 0.2) is 0 Å². The molecular formula is C16H27NO. The lowest BCUT2D eigenvalue weighted by atomic mass is 9.87. The van der Waals surface area contributed by atoms with Crippen molar-refractivity contribution < 1.29 is 4.79 Å². The maximum Gasteiger partial charge on any atom is 0.255 e. The molecule has 0 saturated heterocycles. The molecule has 0 aromatic carbocycles. The first kappa shape index (κ1) is 16.7. The lowest BCUT2D eigenvalue weighted by Crippen LogP contribution is -2.30. The summed E-state index contributed by atoms with van der Waals surface area (Å²) in [7, 11) is 0. The number of allylic oxidation sites excluding steroid dienone is 2. The Labute approximate surface area is 112 Å². The van der Waals surface area contributed by atoms with Crippen molar-refractivity contribution in [2.75, 3.05) is 0 Å². The summed E-state index contributed by atoms with van der Waals surface area (Å²) in [5, 5.41) is 2.92. The summed E-state index contributed by atoms with van der Waals surface area (Å²) in [5.74, 6) is 0.764. The van der Waals surface area contributed by atoms with E-state index >= 15 is 0 Å². The molecule has 0 saturated carbocycles. The first-order valence-electron chi connectivity index (χ1n) is 6.68. The Bertz CT molecular complexity index is 348. The summed E-state index contributed by atoms with van der Waals surface area (Å²) < 4.78 is 0. The molecule has 1 amide bonds. The van der Waals surface area contributed by atoms with Gasteiger partial charge < -0.3 is 5.32 Å². The Hall–Kier alpha value is -1.31. The van der Waals surface area contributed by atoms with E-state index in [-0.39, 0.29) is 5.91 Å². The average molecular weight is 249 g/mol. The highest BCUT2D eigenvalue weighted by Gasteiger charge is 2.19. The Morgan fingerprint density at radius 2 is 1.83 bits per heavy atom. The largest absolute Gasteiger partial charge is 0.326 e. The minimum Gasteiger partial charge on any atom is -0.326 e. The van der Waals surface area contributed by atoms with Crippen LogP contribution in [0, 0.1) is 11.8 Å². The highest BCUT2D eigenvalue weighted by atomic mass is 16.1. The number of carbonyl (C=O) groups is 1. The number of amides is 1. The summed E-state index contributed by atoms with van der Waals surface area (Å²) in [5.41, 5.74) is 2.42. The Morgan fingerprint density at radius 3 is 2.17 bits per heavy atom. The second kappa shape index (κ2) is 7.91. The Morgan fingerprint density at radius 1 is 1.28 bits per heavy atom. The molecule has 2 heteroatoms. The van der Waals surface area contributed by atoms with Gasteiger partial charge in [0, 0.05) is 17.2 Å². The fourth-order valence-corrected chi connectivity index (χ4v) is 2.11. The van der Waals surface area contributed by atoms with E-state index in [0.29, 0.717) is 17.4 Å². The maximum atomic E-state index is 12.1. The van der Waals surface area contributed by atoms with Gasteiger partial charge in [-0.25, -0.2) is 0 Å². The topological polar surface area (TPSA) is 29.1 Å². The molecule has 1 unspecified atom stereocenters. The van der Waals surface area contributed by atoms with Gasteiger partial charge in [0.1, 0.15) is 0 Å². The van der Waals surface area contributed by atoms with Crippen molar-refractivity contribution in [1.29, 1.82) is 0 Å². The smallest absolute Gasteiger partial charge is 0.255 e. The normalized spacial score (nSPS) is 13.4. The SMILES string of the molecule is C=CC(C(=O)NC(=C)[C@H](CC)C(C)CC)=C(C)C. The lowest BCUT2D eigenvalue weighted by molar-refractivity contribution is -0.116. The van der Waals surface area contributed by atoms with Crippen molar-refractivity contribution in [3.8, 4) is 0 Å². The molecule has 0 bridgehead atoms. The predicted molar refractivity (Wildman–Crippen MR) is 79.1 cm³/mol. The van der Waals surface area contributed by atoms with Crippen molar-refractivity contribution in [1.82, 2.24) is 5.32 Å². The van der Waals surface area contributed by atoms with Crippen molar-refractivity contribution in [3.05, 3.63) is 36.1 Å². The highest BCUT2D eigenvalue weighted by Crippen LogP contribution is 2.24. The third kappa shape index (κ3) is 4.52. The molecule has 0 aromatic rings. The van der Waals surface area contributed by atoms with Crippen LogP contribution in [-0.4, -0.2) is 5.91 Å². The summed E-state index contributed by atoms with van der Waals surface area (Å²) in [6.07, 6.45) is 3.68. The molecule has 0 aromatic heterocycles. The molecule has 1 N–H and O–H groups in total. The van der Waals surface area contributed by atoms with Gasteiger partial charge in [-0.05, 0) is 26.2 Å². The van der Waals surface area contributed by atoms with Crippen LogP contribution in [0.1, 0.15) is 47.5 Å². The monoisotopic (exact) mass is 249 g/mol. The van der Waals surface area contributed by atoms with Crippen LogP contribution in [0.25, 0.3) is 0 Å². The van der Waals surface area contributed by atoms with E-state index < -0.39 is 0 Å². The van der Waals surface area contributed by atoms with Gasteiger partial charge >= 0.3 is 0 Å². The van der Waals surface area contributed by atoms with Crippen LogP contribution in [0.5, 0.6) is 0 Å². The van der Waals surface area contributed by atoms with Crippen molar-refractivity contribution in [2.45, 2.75) is 47.5 Å². The summed E-state index contributed by atoms with van der Waals surface area (Å²) in [6, 6.07) is 0. The van der Waals surface area contributed by atoms with Crippen molar-refractivity contribution in [3.63, 3.8) is 0 Å². The fourth-order valence-electron chi connectivity index (χ4n) is 2.11. The van der Waals surface area contributed by atoms with Crippen LogP contribution in [0.4, 0.5) is 0 Å².